The summed E-state index contributed by atoms with van der Waals surface area (Å²) in [6, 6.07) is 13.0. The number of hydrogen-bond donors (Lipinski definition) is 1. The fourth-order valence-corrected chi connectivity index (χ4v) is 2.84. The van der Waals surface area contributed by atoms with E-state index in [9.17, 15) is 4.79 Å². The molecule has 1 heterocycles. The van der Waals surface area contributed by atoms with E-state index in [-0.39, 0.29) is 5.91 Å². The number of anilines is 2. The lowest BCUT2D eigenvalue weighted by Crippen LogP contribution is -2.36. The van der Waals surface area contributed by atoms with E-state index in [4.69, 9.17) is 14.2 Å². The third-order valence-electron chi connectivity index (χ3n) is 4.15. The molecule has 2 aromatic rings. The van der Waals surface area contributed by atoms with Crippen molar-refractivity contribution in [1.29, 1.82) is 0 Å². The van der Waals surface area contributed by atoms with E-state index in [1.165, 1.54) is 7.11 Å². The van der Waals surface area contributed by atoms with Crippen LogP contribution in [0.25, 0.3) is 0 Å². The molecule has 1 saturated heterocycles. The maximum Gasteiger partial charge on any atom is 0.259 e. The largest absolute Gasteiger partial charge is 0.493 e. The summed E-state index contributed by atoms with van der Waals surface area (Å²) in [6.07, 6.45) is 0. The number of benzene rings is 2. The Labute approximate surface area is 147 Å². The Kier molecular flexibility index (Phi) is 5.40. The third-order valence-corrected chi connectivity index (χ3v) is 4.15. The van der Waals surface area contributed by atoms with Crippen LogP contribution in [0, 0.1) is 0 Å². The van der Waals surface area contributed by atoms with E-state index in [0.717, 1.165) is 37.7 Å². The lowest BCUT2D eigenvalue weighted by Gasteiger charge is -2.28. The highest BCUT2D eigenvalue weighted by Crippen LogP contribution is 2.31. The molecule has 6 heteroatoms. The molecule has 132 valence electrons. The molecule has 1 aliphatic heterocycles. The number of morpholine rings is 1. The van der Waals surface area contributed by atoms with Crippen molar-refractivity contribution in [3.05, 3.63) is 48.0 Å². The standard InChI is InChI=1S/C19H22N2O4/c1-23-17-5-3-4-16(18(17)24-2)19(22)20-14-6-8-15(9-7-14)21-10-12-25-13-11-21/h3-9H,10-13H2,1-2H3,(H,20,22). The highest BCUT2D eigenvalue weighted by atomic mass is 16.5. The van der Waals surface area contributed by atoms with Crippen LogP contribution in [0.4, 0.5) is 11.4 Å². The zero-order valence-corrected chi connectivity index (χ0v) is 14.5. The monoisotopic (exact) mass is 342 g/mol. The normalized spacial score (nSPS) is 14.1. The number of nitrogens with one attached hydrogen (secondary N) is 1. The van der Waals surface area contributed by atoms with Gasteiger partial charge in [-0.2, -0.15) is 0 Å². The number of para-hydroxylation sites is 1. The summed E-state index contributed by atoms with van der Waals surface area (Å²) < 4.78 is 15.9. The number of hydrogen-bond acceptors (Lipinski definition) is 5. The van der Waals surface area contributed by atoms with Crippen molar-refractivity contribution in [3.8, 4) is 11.5 Å². The molecule has 2 aromatic carbocycles. The molecule has 0 aromatic heterocycles. The summed E-state index contributed by atoms with van der Waals surface area (Å²) >= 11 is 0. The number of ether oxygens (including phenoxy) is 3. The van der Waals surface area contributed by atoms with Crippen LogP contribution in [0.1, 0.15) is 10.4 Å². The van der Waals surface area contributed by atoms with Gasteiger partial charge in [-0.05, 0) is 36.4 Å². The molecule has 0 bridgehead atoms. The minimum atomic E-state index is -0.241. The van der Waals surface area contributed by atoms with Gasteiger partial charge in [-0.25, -0.2) is 0 Å². The highest BCUT2D eigenvalue weighted by molar-refractivity contribution is 6.06. The zero-order chi connectivity index (χ0) is 17.6. The summed E-state index contributed by atoms with van der Waals surface area (Å²) in [5.74, 6) is 0.708. The van der Waals surface area contributed by atoms with Crippen LogP contribution in [0.2, 0.25) is 0 Å². The fraction of sp³-hybridized carbons (Fsp3) is 0.316. The van der Waals surface area contributed by atoms with E-state index < -0.39 is 0 Å². The van der Waals surface area contributed by atoms with E-state index in [1.807, 2.05) is 24.3 Å². The van der Waals surface area contributed by atoms with Gasteiger partial charge in [-0.1, -0.05) is 6.07 Å². The van der Waals surface area contributed by atoms with Gasteiger partial charge >= 0.3 is 0 Å². The molecular formula is C19H22N2O4. The van der Waals surface area contributed by atoms with Crippen LogP contribution in [-0.4, -0.2) is 46.4 Å². The average Bonchev–Trinajstić information content (AvgIpc) is 2.68. The molecule has 1 aliphatic rings. The second-order valence-corrected chi connectivity index (χ2v) is 5.64. The summed E-state index contributed by atoms with van der Waals surface area (Å²) in [7, 11) is 3.07. The number of carbonyl (C=O) groups excluding carboxylic acids is 1. The van der Waals surface area contributed by atoms with Crippen LogP contribution < -0.4 is 19.7 Å². The maximum atomic E-state index is 12.6. The van der Waals surface area contributed by atoms with Gasteiger partial charge in [0.25, 0.3) is 5.91 Å². The van der Waals surface area contributed by atoms with Gasteiger partial charge < -0.3 is 24.4 Å². The predicted octanol–water partition coefficient (Wildman–Crippen LogP) is 2.79. The van der Waals surface area contributed by atoms with Gasteiger partial charge in [-0.15, -0.1) is 0 Å². The van der Waals surface area contributed by atoms with E-state index in [2.05, 4.69) is 10.2 Å². The molecule has 1 amide bonds. The minimum absolute atomic E-state index is 0.241. The number of rotatable bonds is 5. The van der Waals surface area contributed by atoms with Crippen molar-refractivity contribution < 1.29 is 19.0 Å². The summed E-state index contributed by atoms with van der Waals surface area (Å²) in [4.78, 5) is 14.8. The van der Waals surface area contributed by atoms with Crippen LogP contribution in [0.15, 0.2) is 42.5 Å². The molecule has 25 heavy (non-hydrogen) atoms. The van der Waals surface area contributed by atoms with Gasteiger partial charge in [0.1, 0.15) is 0 Å². The Morgan fingerprint density at radius 3 is 2.40 bits per heavy atom. The second kappa shape index (κ2) is 7.90. The van der Waals surface area contributed by atoms with Crippen molar-refractivity contribution in [2.24, 2.45) is 0 Å². The fourth-order valence-electron chi connectivity index (χ4n) is 2.84. The van der Waals surface area contributed by atoms with Crippen LogP contribution >= 0.6 is 0 Å². The van der Waals surface area contributed by atoms with E-state index >= 15 is 0 Å². The number of methoxy groups -OCH3 is 2. The first kappa shape index (κ1) is 17.1. The lowest BCUT2D eigenvalue weighted by atomic mass is 10.1. The molecule has 0 saturated carbocycles. The summed E-state index contributed by atoms with van der Waals surface area (Å²) in [5, 5.41) is 2.90. The van der Waals surface area contributed by atoms with Crippen LogP contribution in [0.5, 0.6) is 11.5 Å². The van der Waals surface area contributed by atoms with Crippen molar-refractivity contribution in [2.75, 3.05) is 50.7 Å². The lowest BCUT2D eigenvalue weighted by molar-refractivity contribution is 0.102. The first-order valence-corrected chi connectivity index (χ1v) is 8.18. The van der Waals surface area contributed by atoms with Crippen molar-refractivity contribution >= 4 is 17.3 Å². The average molecular weight is 342 g/mol. The molecule has 0 unspecified atom stereocenters. The molecule has 1 N–H and O–H groups in total. The molecule has 6 nitrogen and oxygen atoms in total. The first-order chi connectivity index (χ1) is 12.2. The molecule has 0 spiro atoms. The Hall–Kier alpha value is -2.73. The van der Waals surface area contributed by atoms with Crippen molar-refractivity contribution in [3.63, 3.8) is 0 Å². The molecule has 0 aliphatic carbocycles. The molecule has 3 rings (SSSR count). The Balaban J connectivity index is 1.73. The molecule has 0 atom stereocenters. The molecule has 1 fully saturated rings. The molecular weight excluding hydrogens is 320 g/mol. The van der Waals surface area contributed by atoms with Crippen molar-refractivity contribution in [2.45, 2.75) is 0 Å². The van der Waals surface area contributed by atoms with Gasteiger partial charge in [0.2, 0.25) is 0 Å². The number of amides is 1. The number of nitrogens with zero attached hydrogens (tertiary/aromatic N) is 1. The highest BCUT2D eigenvalue weighted by Gasteiger charge is 2.17. The van der Waals surface area contributed by atoms with Crippen molar-refractivity contribution in [1.82, 2.24) is 0 Å². The Morgan fingerprint density at radius 2 is 1.76 bits per heavy atom. The maximum absolute atomic E-state index is 12.6. The van der Waals surface area contributed by atoms with Crippen LogP contribution in [-0.2, 0) is 4.74 Å². The Bertz CT molecular complexity index is 725. The topological polar surface area (TPSA) is 60.0 Å². The van der Waals surface area contributed by atoms with Crippen LogP contribution in [0.3, 0.4) is 0 Å². The van der Waals surface area contributed by atoms with E-state index in [1.54, 1.807) is 25.3 Å². The third kappa shape index (κ3) is 3.85. The number of carbonyl (C=O) groups is 1. The smallest absolute Gasteiger partial charge is 0.259 e. The first-order valence-electron chi connectivity index (χ1n) is 8.18. The second-order valence-electron chi connectivity index (χ2n) is 5.64. The van der Waals surface area contributed by atoms with Gasteiger partial charge in [0, 0.05) is 24.5 Å². The summed E-state index contributed by atoms with van der Waals surface area (Å²) in [5.41, 5.74) is 2.28. The predicted molar refractivity (Wildman–Crippen MR) is 97.0 cm³/mol. The Morgan fingerprint density at radius 1 is 1.04 bits per heavy atom. The van der Waals surface area contributed by atoms with E-state index in [0.29, 0.717) is 17.1 Å². The zero-order valence-electron chi connectivity index (χ0n) is 14.5. The quantitative estimate of drug-likeness (QED) is 0.905. The molecule has 0 radical (unpaired) electrons. The van der Waals surface area contributed by atoms with Gasteiger partial charge in [0.15, 0.2) is 11.5 Å². The van der Waals surface area contributed by atoms with Gasteiger partial charge in [0.05, 0.1) is 33.0 Å². The minimum Gasteiger partial charge on any atom is -0.493 e. The van der Waals surface area contributed by atoms with Gasteiger partial charge in [-0.3, -0.25) is 4.79 Å². The summed E-state index contributed by atoms with van der Waals surface area (Å²) in [6.45, 7) is 3.25. The SMILES string of the molecule is COc1cccc(C(=O)Nc2ccc(N3CCOCC3)cc2)c1OC.